The second-order valence-corrected chi connectivity index (χ2v) is 6.39. The first-order valence-electron chi connectivity index (χ1n) is 6.47. The molecule has 2 aromatic carbocycles. The number of hydrogen-bond acceptors (Lipinski definition) is 2. The molecule has 2 nitrogen and oxygen atoms in total. The molecule has 0 aliphatic heterocycles. The van der Waals surface area contributed by atoms with Gasteiger partial charge in [0.25, 0.3) is 0 Å². The summed E-state index contributed by atoms with van der Waals surface area (Å²) in [6, 6.07) is 6.36. The smallest absolute Gasteiger partial charge is 0.417 e. The molecule has 0 heterocycles. The van der Waals surface area contributed by atoms with Crippen molar-refractivity contribution in [2.75, 3.05) is 6.79 Å². The standard InChI is InChI=1S/C15H8Br2F6O2/c16-12-3-1-8(5-10(12)14(18,19)20)24-7-25-9-2-4-13(17)11(6-9)15(21,22)23/h1-6H,7H2. The molecule has 0 saturated carbocycles. The molecule has 0 radical (unpaired) electrons. The minimum atomic E-state index is -4.58. The molecule has 25 heavy (non-hydrogen) atoms. The third kappa shape index (κ3) is 5.27. The van der Waals surface area contributed by atoms with Crippen LogP contribution in [0.5, 0.6) is 11.5 Å². The van der Waals surface area contributed by atoms with E-state index in [2.05, 4.69) is 31.9 Å². The lowest BCUT2D eigenvalue weighted by Crippen LogP contribution is -2.10. The van der Waals surface area contributed by atoms with Crippen LogP contribution in [0.4, 0.5) is 26.3 Å². The summed E-state index contributed by atoms with van der Waals surface area (Å²) in [4.78, 5) is 0. The molecule has 2 aromatic rings. The molecule has 0 saturated heterocycles. The number of hydrogen-bond donors (Lipinski definition) is 0. The van der Waals surface area contributed by atoms with E-state index in [1.54, 1.807) is 0 Å². The highest BCUT2D eigenvalue weighted by Gasteiger charge is 2.34. The predicted molar refractivity (Wildman–Crippen MR) is 84.4 cm³/mol. The maximum Gasteiger partial charge on any atom is 0.417 e. The Morgan fingerprint density at radius 2 is 1.04 bits per heavy atom. The molecule has 0 amide bonds. The molecule has 0 fully saturated rings. The quantitative estimate of drug-likeness (QED) is 0.350. The van der Waals surface area contributed by atoms with Crippen LogP contribution in [0.2, 0.25) is 0 Å². The Morgan fingerprint density at radius 3 is 1.36 bits per heavy atom. The average Bonchev–Trinajstić information content (AvgIpc) is 2.48. The molecule has 0 bridgehead atoms. The Labute approximate surface area is 155 Å². The van der Waals surface area contributed by atoms with Crippen molar-refractivity contribution >= 4 is 31.9 Å². The van der Waals surface area contributed by atoms with E-state index in [4.69, 9.17) is 9.47 Å². The Morgan fingerprint density at radius 1 is 0.680 bits per heavy atom. The van der Waals surface area contributed by atoms with Gasteiger partial charge >= 0.3 is 12.4 Å². The normalized spacial score (nSPS) is 12.2. The summed E-state index contributed by atoms with van der Waals surface area (Å²) in [6.45, 7) is -0.558. The van der Waals surface area contributed by atoms with Crippen molar-refractivity contribution in [2.24, 2.45) is 0 Å². The maximum absolute atomic E-state index is 12.8. The SMILES string of the molecule is FC(F)(F)c1cc(OCOc2ccc(Br)c(C(F)(F)F)c2)ccc1Br. The first-order valence-corrected chi connectivity index (χ1v) is 8.06. The molecule has 0 N–H and O–H groups in total. The zero-order valence-electron chi connectivity index (χ0n) is 12.0. The van der Waals surface area contributed by atoms with Gasteiger partial charge in [-0.25, -0.2) is 0 Å². The summed E-state index contributed by atoms with van der Waals surface area (Å²) in [7, 11) is 0. The first-order chi connectivity index (χ1) is 11.5. The lowest BCUT2D eigenvalue weighted by Gasteiger charge is -2.14. The molecule has 2 rings (SSSR count). The van der Waals surface area contributed by atoms with Crippen LogP contribution >= 0.6 is 31.9 Å². The van der Waals surface area contributed by atoms with Gasteiger partial charge in [-0.15, -0.1) is 0 Å². The Balaban J connectivity index is 2.07. The molecule has 136 valence electrons. The molecule has 0 spiro atoms. The Bertz CT molecular complexity index is 695. The summed E-state index contributed by atoms with van der Waals surface area (Å²) in [5, 5.41) is 0. The van der Waals surface area contributed by atoms with Gasteiger partial charge in [0.1, 0.15) is 11.5 Å². The van der Waals surface area contributed by atoms with E-state index < -0.39 is 30.3 Å². The van der Waals surface area contributed by atoms with Crippen molar-refractivity contribution in [3.05, 3.63) is 56.5 Å². The summed E-state index contributed by atoms with van der Waals surface area (Å²) < 4.78 is 86.4. The summed E-state index contributed by atoms with van der Waals surface area (Å²) in [6.07, 6.45) is -9.15. The molecule has 0 aliphatic rings. The molecule has 10 heteroatoms. The van der Waals surface area contributed by atoms with Crippen LogP contribution in [-0.4, -0.2) is 6.79 Å². The van der Waals surface area contributed by atoms with E-state index in [9.17, 15) is 26.3 Å². The van der Waals surface area contributed by atoms with Gasteiger partial charge in [-0.05, 0) is 36.4 Å². The van der Waals surface area contributed by atoms with Crippen LogP contribution in [0.1, 0.15) is 11.1 Å². The van der Waals surface area contributed by atoms with Gasteiger partial charge in [0.15, 0.2) is 0 Å². The van der Waals surface area contributed by atoms with Crippen LogP contribution in [0, 0.1) is 0 Å². The van der Waals surface area contributed by atoms with E-state index >= 15 is 0 Å². The Kier molecular flexibility index (Phi) is 5.93. The highest BCUT2D eigenvalue weighted by atomic mass is 79.9. The highest BCUT2D eigenvalue weighted by Crippen LogP contribution is 2.38. The number of alkyl halides is 6. The summed E-state index contributed by atoms with van der Waals surface area (Å²) in [5.74, 6) is -0.271. The van der Waals surface area contributed by atoms with Crippen molar-refractivity contribution in [1.82, 2.24) is 0 Å². The van der Waals surface area contributed by atoms with Crippen LogP contribution in [0.3, 0.4) is 0 Å². The molecular formula is C15H8Br2F6O2. The van der Waals surface area contributed by atoms with Crippen LogP contribution in [-0.2, 0) is 12.4 Å². The van der Waals surface area contributed by atoms with Crippen LogP contribution < -0.4 is 9.47 Å². The van der Waals surface area contributed by atoms with Gasteiger partial charge in [-0.1, -0.05) is 31.9 Å². The number of ether oxygens (including phenoxy) is 2. The zero-order chi connectivity index (χ0) is 18.8. The fraction of sp³-hybridized carbons (Fsp3) is 0.200. The van der Waals surface area contributed by atoms with Crippen molar-refractivity contribution in [2.45, 2.75) is 12.4 Å². The van der Waals surface area contributed by atoms with Gasteiger partial charge in [0.2, 0.25) is 6.79 Å². The minimum Gasteiger partial charge on any atom is -0.457 e. The molecule has 0 aliphatic carbocycles. The van der Waals surface area contributed by atoms with Gasteiger partial charge in [0.05, 0.1) is 11.1 Å². The lowest BCUT2D eigenvalue weighted by molar-refractivity contribution is -0.139. The third-order valence-electron chi connectivity index (χ3n) is 2.94. The lowest BCUT2D eigenvalue weighted by atomic mass is 10.2. The highest BCUT2D eigenvalue weighted by molar-refractivity contribution is 9.10. The summed E-state index contributed by atoms with van der Waals surface area (Å²) in [5.41, 5.74) is -1.87. The first kappa shape index (κ1) is 19.9. The summed E-state index contributed by atoms with van der Waals surface area (Å²) >= 11 is 5.57. The second-order valence-electron chi connectivity index (χ2n) is 4.69. The number of halogens is 8. The van der Waals surface area contributed by atoms with Crippen molar-refractivity contribution in [3.63, 3.8) is 0 Å². The minimum absolute atomic E-state index is 0.135. The van der Waals surface area contributed by atoms with Crippen LogP contribution in [0.25, 0.3) is 0 Å². The van der Waals surface area contributed by atoms with Gasteiger partial charge in [-0.3, -0.25) is 0 Å². The zero-order valence-corrected chi connectivity index (χ0v) is 15.2. The van der Waals surface area contributed by atoms with E-state index in [0.29, 0.717) is 0 Å². The monoisotopic (exact) mass is 492 g/mol. The molecular weight excluding hydrogens is 486 g/mol. The molecule has 0 unspecified atom stereocenters. The fourth-order valence-electron chi connectivity index (χ4n) is 1.79. The molecule has 0 atom stereocenters. The third-order valence-corrected chi connectivity index (χ3v) is 4.32. The molecule has 0 aromatic heterocycles. The van der Waals surface area contributed by atoms with Gasteiger partial charge < -0.3 is 9.47 Å². The van der Waals surface area contributed by atoms with Crippen LogP contribution in [0.15, 0.2) is 45.3 Å². The Hall–Kier alpha value is -1.42. The topological polar surface area (TPSA) is 18.5 Å². The maximum atomic E-state index is 12.8. The van der Waals surface area contributed by atoms with E-state index in [1.165, 1.54) is 12.1 Å². The second kappa shape index (κ2) is 7.45. The van der Waals surface area contributed by atoms with E-state index in [0.717, 1.165) is 24.3 Å². The largest absolute Gasteiger partial charge is 0.457 e. The van der Waals surface area contributed by atoms with Gasteiger partial charge in [-0.2, -0.15) is 26.3 Å². The van der Waals surface area contributed by atoms with Crippen molar-refractivity contribution in [3.8, 4) is 11.5 Å². The van der Waals surface area contributed by atoms with E-state index in [1.807, 2.05) is 0 Å². The predicted octanol–water partition coefficient (Wildman–Crippen LogP) is 6.66. The fourth-order valence-corrected chi connectivity index (χ4v) is 2.73. The number of rotatable bonds is 4. The van der Waals surface area contributed by atoms with E-state index in [-0.39, 0.29) is 20.4 Å². The number of benzene rings is 2. The average molecular weight is 494 g/mol. The van der Waals surface area contributed by atoms with Crippen molar-refractivity contribution < 1.29 is 35.8 Å². The van der Waals surface area contributed by atoms with Gasteiger partial charge in [0, 0.05) is 8.95 Å². The van der Waals surface area contributed by atoms with Crippen molar-refractivity contribution in [1.29, 1.82) is 0 Å².